The predicted octanol–water partition coefficient (Wildman–Crippen LogP) is 3.01. The van der Waals surface area contributed by atoms with Crippen LogP contribution in [0.25, 0.3) is 0 Å². The van der Waals surface area contributed by atoms with Crippen molar-refractivity contribution in [1.82, 2.24) is 9.47 Å². The summed E-state index contributed by atoms with van der Waals surface area (Å²) < 4.78 is 7.27. The maximum Gasteiger partial charge on any atom is 0.311 e. The van der Waals surface area contributed by atoms with Crippen LogP contribution < -0.4 is 0 Å². The maximum absolute atomic E-state index is 12.9. The first-order valence-electron chi connectivity index (χ1n) is 8.05. The van der Waals surface area contributed by atoms with Crippen LogP contribution in [0.4, 0.5) is 0 Å². The van der Waals surface area contributed by atoms with Gasteiger partial charge in [0.1, 0.15) is 11.3 Å². The molecule has 0 saturated carbocycles. The van der Waals surface area contributed by atoms with E-state index in [1.807, 2.05) is 32.7 Å². The normalized spacial score (nSPS) is 26.7. The van der Waals surface area contributed by atoms with E-state index in [4.69, 9.17) is 16.3 Å². The Morgan fingerprint density at radius 2 is 2.00 bits per heavy atom. The van der Waals surface area contributed by atoms with Crippen LogP contribution in [0.5, 0.6) is 0 Å². The largest absolute Gasteiger partial charge is 0.460 e. The summed E-state index contributed by atoms with van der Waals surface area (Å²) in [6.07, 6.45) is 4.23. The summed E-state index contributed by atoms with van der Waals surface area (Å²) in [6, 6.07) is 1.75. The molecule has 0 aromatic carbocycles. The number of carbonyl (C=O) groups excluding carboxylic acids is 2. The van der Waals surface area contributed by atoms with Gasteiger partial charge in [0.05, 0.1) is 10.9 Å². The fraction of sp³-hybridized carbons (Fsp3) is 0.647. The van der Waals surface area contributed by atoms with E-state index in [-0.39, 0.29) is 29.9 Å². The average molecular weight is 339 g/mol. The first-order chi connectivity index (χ1) is 10.7. The lowest BCUT2D eigenvalue weighted by atomic mass is 9.89. The van der Waals surface area contributed by atoms with Crippen LogP contribution in [0.1, 0.15) is 50.5 Å². The molecular weight excluding hydrogens is 316 g/mol. The number of aryl methyl sites for hydroxylation is 1. The van der Waals surface area contributed by atoms with Crippen molar-refractivity contribution in [2.75, 3.05) is 0 Å². The van der Waals surface area contributed by atoms with Gasteiger partial charge in [0, 0.05) is 25.3 Å². The van der Waals surface area contributed by atoms with E-state index in [2.05, 4.69) is 0 Å². The van der Waals surface area contributed by atoms with Gasteiger partial charge >= 0.3 is 5.97 Å². The van der Waals surface area contributed by atoms with E-state index >= 15 is 0 Å². The number of ether oxygens (including phenoxy) is 1. The van der Waals surface area contributed by atoms with E-state index in [0.717, 1.165) is 12.8 Å². The Balaban J connectivity index is 1.79. The molecule has 1 aromatic heterocycles. The van der Waals surface area contributed by atoms with Crippen molar-refractivity contribution in [3.05, 3.63) is 23.0 Å². The van der Waals surface area contributed by atoms with Crippen LogP contribution in [-0.4, -0.2) is 39.0 Å². The van der Waals surface area contributed by atoms with Gasteiger partial charge in [0.2, 0.25) is 0 Å². The number of rotatable bonds is 2. The summed E-state index contributed by atoms with van der Waals surface area (Å²) in [5, 5.41) is 0.547. The van der Waals surface area contributed by atoms with Gasteiger partial charge in [0.15, 0.2) is 0 Å². The number of hydrogen-bond donors (Lipinski definition) is 0. The molecule has 2 aliphatic heterocycles. The molecule has 2 bridgehead atoms. The van der Waals surface area contributed by atoms with Gasteiger partial charge in [-0.1, -0.05) is 11.6 Å². The summed E-state index contributed by atoms with van der Waals surface area (Å²) in [5.41, 5.74) is 0.0658. The third kappa shape index (κ3) is 2.99. The molecule has 1 aromatic rings. The third-order valence-electron chi connectivity index (χ3n) is 4.67. The second kappa shape index (κ2) is 5.55. The summed E-state index contributed by atoms with van der Waals surface area (Å²) in [4.78, 5) is 27.2. The smallest absolute Gasteiger partial charge is 0.311 e. The van der Waals surface area contributed by atoms with Crippen LogP contribution in [0, 0.1) is 5.92 Å². The van der Waals surface area contributed by atoms with Gasteiger partial charge in [-0.25, -0.2) is 0 Å². The van der Waals surface area contributed by atoms with Gasteiger partial charge in [-0.15, -0.1) is 0 Å². The third-order valence-corrected chi connectivity index (χ3v) is 4.88. The molecular formula is C17H23ClN2O3. The number of esters is 1. The molecule has 23 heavy (non-hydrogen) atoms. The number of fused-ring (bicyclic) bond motifs is 2. The van der Waals surface area contributed by atoms with E-state index < -0.39 is 5.60 Å². The molecule has 5 nitrogen and oxygen atoms in total. The van der Waals surface area contributed by atoms with Gasteiger partial charge in [-0.3, -0.25) is 9.59 Å². The fourth-order valence-electron chi connectivity index (χ4n) is 3.81. The number of amides is 1. The first-order valence-corrected chi connectivity index (χ1v) is 8.42. The van der Waals surface area contributed by atoms with Gasteiger partial charge < -0.3 is 14.2 Å². The zero-order chi connectivity index (χ0) is 16.9. The van der Waals surface area contributed by atoms with Crippen molar-refractivity contribution in [2.24, 2.45) is 13.0 Å². The minimum atomic E-state index is -0.501. The van der Waals surface area contributed by atoms with Crippen molar-refractivity contribution in [3.8, 4) is 0 Å². The van der Waals surface area contributed by atoms with E-state index in [9.17, 15) is 9.59 Å². The lowest BCUT2D eigenvalue weighted by Crippen LogP contribution is -2.40. The Hall–Kier alpha value is -1.49. The van der Waals surface area contributed by atoms with E-state index in [0.29, 0.717) is 17.1 Å². The fourth-order valence-corrected chi connectivity index (χ4v) is 4.05. The Morgan fingerprint density at radius 3 is 2.57 bits per heavy atom. The second-order valence-corrected chi connectivity index (χ2v) is 7.98. The van der Waals surface area contributed by atoms with Crippen molar-refractivity contribution in [2.45, 2.75) is 57.7 Å². The molecule has 0 spiro atoms. The highest BCUT2D eigenvalue weighted by Gasteiger charge is 2.52. The lowest BCUT2D eigenvalue weighted by Gasteiger charge is -2.26. The Labute approximate surface area is 141 Å². The molecule has 6 heteroatoms. The Bertz CT molecular complexity index is 647. The first kappa shape index (κ1) is 16.4. The van der Waals surface area contributed by atoms with Crippen molar-refractivity contribution in [1.29, 1.82) is 0 Å². The lowest BCUT2D eigenvalue weighted by molar-refractivity contribution is -0.160. The molecule has 2 saturated heterocycles. The Kier molecular flexibility index (Phi) is 3.95. The average Bonchev–Trinajstić information content (AvgIpc) is 3.08. The van der Waals surface area contributed by atoms with Crippen molar-refractivity contribution < 1.29 is 14.3 Å². The maximum atomic E-state index is 12.9. The van der Waals surface area contributed by atoms with Crippen LogP contribution in [0.2, 0.25) is 5.02 Å². The molecule has 2 fully saturated rings. The number of aromatic nitrogens is 1. The van der Waals surface area contributed by atoms with Crippen LogP contribution in [-0.2, 0) is 16.6 Å². The zero-order valence-corrected chi connectivity index (χ0v) is 14.8. The summed E-state index contributed by atoms with van der Waals surface area (Å²) in [5.74, 6) is -0.446. The number of hydrogen-bond acceptors (Lipinski definition) is 3. The van der Waals surface area contributed by atoms with Crippen molar-refractivity contribution in [3.63, 3.8) is 0 Å². The standard InChI is InChI=1S/C17H23ClN2O3/c1-17(2,3)23-16(22)12-8-11-5-6-13(12)20(11)15(21)14-7-10(18)9-19(14)4/h7,9,11-13H,5-6,8H2,1-4H3/t11-,12-,13-/m0/s1. The van der Waals surface area contributed by atoms with Gasteiger partial charge in [-0.2, -0.15) is 0 Å². The summed E-state index contributed by atoms with van der Waals surface area (Å²) in [6.45, 7) is 5.60. The number of nitrogens with zero attached hydrogens (tertiary/aromatic N) is 2. The number of halogens is 1. The minimum Gasteiger partial charge on any atom is -0.460 e. The zero-order valence-electron chi connectivity index (χ0n) is 14.0. The summed E-state index contributed by atoms with van der Waals surface area (Å²) in [7, 11) is 1.81. The molecule has 2 aliphatic rings. The molecule has 0 N–H and O–H groups in total. The molecule has 0 radical (unpaired) electrons. The van der Waals surface area contributed by atoms with E-state index in [1.165, 1.54) is 0 Å². The highest BCUT2D eigenvalue weighted by molar-refractivity contribution is 6.31. The van der Waals surface area contributed by atoms with Crippen LogP contribution >= 0.6 is 11.6 Å². The molecule has 3 rings (SSSR count). The molecule has 3 atom stereocenters. The second-order valence-electron chi connectivity index (χ2n) is 7.54. The van der Waals surface area contributed by atoms with Gasteiger partial charge in [-0.05, 0) is 46.1 Å². The predicted molar refractivity (Wildman–Crippen MR) is 87.4 cm³/mol. The van der Waals surface area contributed by atoms with Crippen LogP contribution in [0.15, 0.2) is 12.3 Å². The molecule has 0 aliphatic carbocycles. The van der Waals surface area contributed by atoms with Crippen molar-refractivity contribution >= 4 is 23.5 Å². The molecule has 3 heterocycles. The highest BCUT2D eigenvalue weighted by Crippen LogP contribution is 2.43. The van der Waals surface area contributed by atoms with Gasteiger partial charge in [0.25, 0.3) is 5.91 Å². The molecule has 0 unspecified atom stereocenters. The van der Waals surface area contributed by atoms with Crippen LogP contribution in [0.3, 0.4) is 0 Å². The monoisotopic (exact) mass is 338 g/mol. The Morgan fingerprint density at radius 1 is 1.30 bits per heavy atom. The SMILES string of the molecule is Cn1cc(Cl)cc1C(=O)N1[C@H]2CC[C@H]1[C@@H](C(=O)OC(C)(C)C)C2. The number of carbonyl (C=O) groups is 2. The molecule has 1 amide bonds. The quantitative estimate of drug-likeness (QED) is 0.779. The topological polar surface area (TPSA) is 51.5 Å². The highest BCUT2D eigenvalue weighted by atomic mass is 35.5. The molecule has 126 valence electrons. The summed E-state index contributed by atoms with van der Waals surface area (Å²) >= 11 is 5.99. The van der Waals surface area contributed by atoms with E-state index in [1.54, 1.807) is 16.8 Å². The minimum absolute atomic E-state index is 0.0436.